The molecule has 2 heterocycles. The highest BCUT2D eigenvalue weighted by Crippen LogP contribution is 2.33. The number of amidine groups is 1. The van der Waals surface area contributed by atoms with Gasteiger partial charge in [-0.15, -0.1) is 0 Å². The smallest absolute Gasteiger partial charge is 0.436 e. The van der Waals surface area contributed by atoms with Crippen LogP contribution in [-0.2, 0) is 16.7 Å². The Bertz CT molecular complexity index is 926. The van der Waals surface area contributed by atoms with Gasteiger partial charge >= 0.3 is 6.09 Å². The summed E-state index contributed by atoms with van der Waals surface area (Å²) in [7, 11) is 0. The Kier molecular flexibility index (Phi) is 5.03. The normalized spacial score (nSPS) is 20.7. The lowest BCUT2D eigenvalue weighted by Gasteiger charge is -2.37. The van der Waals surface area contributed by atoms with Gasteiger partial charge in [-0.25, -0.2) is 19.2 Å². The van der Waals surface area contributed by atoms with Crippen molar-refractivity contribution in [1.82, 2.24) is 15.3 Å². The number of rotatable bonds is 1. The molecule has 0 spiro atoms. The van der Waals surface area contributed by atoms with Crippen molar-refractivity contribution in [3.63, 3.8) is 0 Å². The predicted octanol–water partition coefficient (Wildman–Crippen LogP) is 4.12. The second-order valence-electron chi connectivity index (χ2n) is 7.58. The van der Waals surface area contributed by atoms with Crippen molar-refractivity contribution >= 4 is 27.9 Å². The summed E-state index contributed by atoms with van der Waals surface area (Å²) in [4.78, 5) is 24.6. The molecule has 0 unspecified atom stereocenters. The second kappa shape index (κ2) is 6.99. The molecule has 0 saturated carbocycles. The van der Waals surface area contributed by atoms with Gasteiger partial charge in [0.15, 0.2) is 0 Å². The highest BCUT2D eigenvalue weighted by atomic mass is 79.9. The van der Waals surface area contributed by atoms with Gasteiger partial charge in [-0.2, -0.15) is 4.99 Å². The third-order valence-corrected chi connectivity index (χ3v) is 4.58. The average molecular weight is 435 g/mol. The van der Waals surface area contributed by atoms with Crippen LogP contribution in [0.1, 0.15) is 44.5 Å². The van der Waals surface area contributed by atoms with E-state index < -0.39 is 17.2 Å². The van der Waals surface area contributed by atoms with Gasteiger partial charge in [-0.1, -0.05) is 15.9 Å². The van der Waals surface area contributed by atoms with Crippen LogP contribution in [0.3, 0.4) is 0 Å². The van der Waals surface area contributed by atoms with Crippen LogP contribution in [0.15, 0.2) is 40.2 Å². The lowest BCUT2D eigenvalue weighted by Crippen LogP contribution is -2.50. The van der Waals surface area contributed by atoms with Crippen molar-refractivity contribution in [2.75, 3.05) is 0 Å². The molecule has 0 aliphatic carbocycles. The van der Waals surface area contributed by atoms with E-state index in [0.29, 0.717) is 23.2 Å². The van der Waals surface area contributed by atoms with E-state index in [9.17, 15) is 9.18 Å². The third-order valence-electron chi connectivity index (χ3n) is 4.08. The zero-order valence-corrected chi connectivity index (χ0v) is 17.1. The Morgan fingerprint density at radius 2 is 2.15 bits per heavy atom. The lowest BCUT2D eigenvalue weighted by molar-refractivity contribution is 0.0603. The molecular weight excluding hydrogens is 415 g/mol. The molecule has 0 fully saturated rings. The minimum atomic E-state index is -0.851. The molecule has 1 atom stereocenters. The molecule has 2 aromatic rings. The van der Waals surface area contributed by atoms with Crippen LogP contribution in [0.2, 0.25) is 0 Å². The number of nitrogens with one attached hydrogen (secondary N) is 1. The summed E-state index contributed by atoms with van der Waals surface area (Å²) in [6.45, 7) is 7.12. The number of carbonyl (C=O) groups excluding carboxylic acids is 1. The maximum atomic E-state index is 14.6. The van der Waals surface area contributed by atoms with Crippen molar-refractivity contribution < 1.29 is 13.9 Å². The molecule has 142 valence electrons. The molecule has 27 heavy (non-hydrogen) atoms. The molecule has 0 bridgehead atoms. The number of amides is 1. The van der Waals surface area contributed by atoms with Crippen LogP contribution in [0.5, 0.6) is 0 Å². The molecule has 1 aliphatic heterocycles. The Morgan fingerprint density at radius 1 is 1.41 bits per heavy atom. The van der Waals surface area contributed by atoms with Gasteiger partial charge in [0.05, 0.1) is 16.8 Å². The number of halogens is 2. The number of hydrogen-bond donors (Lipinski definition) is 1. The Labute approximate surface area is 165 Å². The summed E-state index contributed by atoms with van der Waals surface area (Å²) in [5, 5.41) is 3.20. The zero-order chi connectivity index (χ0) is 19.8. The van der Waals surface area contributed by atoms with Crippen molar-refractivity contribution in [3.05, 3.63) is 57.8 Å². The number of benzene rings is 1. The highest BCUT2D eigenvalue weighted by molar-refractivity contribution is 9.10. The number of fused-ring (bicyclic) bond motifs is 1. The van der Waals surface area contributed by atoms with Gasteiger partial charge in [0.2, 0.25) is 0 Å². The molecule has 0 saturated heterocycles. The van der Waals surface area contributed by atoms with Gasteiger partial charge in [0.1, 0.15) is 23.6 Å². The fourth-order valence-corrected chi connectivity index (χ4v) is 3.31. The molecule has 3 rings (SSSR count). The van der Waals surface area contributed by atoms with E-state index in [1.54, 1.807) is 39.1 Å². The molecular formula is C19H20BrFN4O2. The van der Waals surface area contributed by atoms with E-state index >= 15 is 0 Å². The largest absolute Gasteiger partial charge is 0.442 e. The topological polar surface area (TPSA) is 76.5 Å². The monoisotopic (exact) mass is 434 g/mol. The fraction of sp³-hybridized carbons (Fsp3) is 0.368. The molecule has 1 amide bonds. The number of nitrogens with zero attached hydrogens (tertiary/aromatic N) is 3. The predicted molar refractivity (Wildman–Crippen MR) is 103 cm³/mol. The minimum absolute atomic E-state index is 0.257. The third kappa shape index (κ3) is 4.32. The van der Waals surface area contributed by atoms with Crippen LogP contribution in [-0.4, -0.2) is 27.5 Å². The molecule has 6 nitrogen and oxygen atoms in total. The zero-order valence-electron chi connectivity index (χ0n) is 15.5. The second-order valence-corrected chi connectivity index (χ2v) is 8.50. The summed E-state index contributed by atoms with van der Waals surface area (Å²) in [6.07, 6.45) is 2.67. The van der Waals surface area contributed by atoms with Gasteiger partial charge in [-0.05, 0) is 45.9 Å². The van der Waals surface area contributed by atoms with Crippen LogP contribution in [0.4, 0.5) is 9.18 Å². The standard InChI is InChI=1S/C19H20BrFN4O2/c1-18(2,3)27-17(26)24-16-12-9-22-10-23-15(12)8-19(4,25-16)13-7-11(20)5-6-14(13)21/h5-7,9-10H,8H2,1-4H3,(H,24,25,26)/t19-/m0/s1. The fourth-order valence-electron chi connectivity index (χ4n) is 2.95. The van der Waals surface area contributed by atoms with Crippen molar-refractivity contribution in [2.45, 2.75) is 45.3 Å². The Balaban J connectivity index is 2.07. The van der Waals surface area contributed by atoms with E-state index in [1.165, 1.54) is 12.4 Å². The first-order valence-electron chi connectivity index (χ1n) is 8.42. The van der Waals surface area contributed by atoms with Crippen LogP contribution >= 0.6 is 15.9 Å². The van der Waals surface area contributed by atoms with Crippen molar-refractivity contribution in [3.8, 4) is 0 Å². The molecule has 1 aromatic carbocycles. The van der Waals surface area contributed by atoms with Crippen LogP contribution < -0.4 is 5.32 Å². The highest BCUT2D eigenvalue weighted by Gasteiger charge is 2.38. The number of ether oxygens (including phenoxy) is 1. The van der Waals surface area contributed by atoms with Gasteiger partial charge in [0.25, 0.3) is 0 Å². The first kappa shape index (κ1) is 19.4. The first-order chi connectivity index (χ1) is 12.6. The first-order valence-corrected chi connectivity index (χ1v) is 9.21. The van der Waals surface area contributed by atoms with Crippen LogP contribution in [0, 0.1) is 5.82 Å². The number of aromatic nitrogens is 2. The number of carbonyl (C=O) groups is 1. The SMILES string of the molecule is CC(C)(C)OC(=O)/N=C1/N[C@](C)(c2cc(Br)ccc2F)Cc2ncncc21. The molecule has 0 radical (unpaired) electrons. The summed E-state index contributed by atoms with van der Waals surface area (Å²) in [6, 6.07) is 4.74. The number of aliphatic imine (C=N–C) groups is 1. The molecule has 1 aromatic heterocycles. The molecule has 8 heteroatoms. The van der Waals surface area contributed by atoms with E-state index in [1.807, 2.05) is 6.92 Å². The summed E-state index contributed by atoms with van der Waals surface area (Å²) < 4.78 is 20.6. The maximum Gasteiger partial charge on any atom is 0.436 e. The average Bonchev–Trinajstić information content (AvgIpc) is 2.55. The van der Waals surface area contributed by atoms with Gasteiger partial charge < -0.3 is 10.1 Å². The Morgan fingerprint density at radius 3 is 2.85 bits per heavy atom. The maximum absolute atomic E-state index is 14.6. The van der Waals surface area contributed by atoms with Crippen molar-refractivity contribution in [2.24, 2.45) is 4.99 Å². The summed E-state index contributed by atoms with van der Waals surface area (Å²) >= 11 is 3.38. The van der Waals surface area contributed by atoms with Gasteiger partial charge in [-0.3, -0.25) is 0 Å². The van der Waals surface area contributed by atoms with E-state index in [2.05, 4.69) is 36.2 Å². The quantitative estimate of drug-likeness (QED) is 0.730. The van der Waals surface area contributed by atoms with E-state index in [-0.39, 0.29) is 11.7 Å². The van der Waals surface area contributed by atoms with Crippen LogP contribution in [0.25, 0.3) is 0 Å². The molecule has 1 N–H and O–H groups in total. The number of hydrogen-bond acceptors (Lipinski definition) is 4. The minimum Gasteiger partial charge on any atom is -0.442 e. The molecule has 1 aliphatic rings. The lowest BCUT2D eigenvalue weighted by atomic mass is 9.82. The van der Waals surface area contributed by atoms with E-state index in [0.717, 1.165) is 4.47 Å². The summed E-state index contributed by atoms with van der Waals surface area (Å²) in [5.74, 6) is -0.102. The summed E-state index contributed by atoms with van der Waals surface area (Å²) in [5.41, 5.74) is 0.184. The van der Waals surface area contributed by atoms with Crippen molar-refractivity contribution in [1.29, 1.82) is 0 Å². The van der Waals surface area contributed by atoms with E-state index in [4.69, 9.17) is 4.74 Å². The Hall–Kier alpha value is -2.35. The van der Waals surface area contributed by atoms with Gasteiger partial charge in [0, 0.05) is 22.7 Å².